The molecule has 2 amide bonds. The normalized spacial score (nSPS) is 17.1. The number of aromatic nitrogens is 2. The predicted molar refractivity (Wildman–Crippen MR) is 81.0 cm³/mol. The number of hydrogen-bond donors (Lipinski definition) is 1. The Balaban J connectivity index is 1.78. The molecule has 1 aromatic heterocycles. The van der Waals surface area contributed by atoms with Gasteiger partial charge in [-0.2, -0.15) is 18.2 Å². The topological polar surface area (TPSA) is 97.6 Å². The fourth-order valence-corrected chi connectivity index (χ4v) is 2.40. The highest BCUT2D eigenvalue weighted by molar-refractivity contribution is 5.90. The number of benzene rings is 1. The molecule has 27 heavy (non-hydrogen) atoms. The molecule has 1 fully saturated rings. The highest BCUT2D eigenvalue weighted by atomic mass is 19.4. The second-order valence-electron chi connectivity index (χ2n) is 5.64. The molecule has 2 heterocycles. The average molecular weight is 388 g/mol. The van der Waals surface area contributed by atoms with E-state index in [2.05, 4.69) is 20.0 Å². The first-order valence-electron chi connectivity index (χ1n) is 7.58. The molecule has 3 rings (SSSR count). The first kappa shape index (κ1) is 18.6. The number of anilines is 1. The molecule has 0 aliphatic carbocycles. The average Bonchev–Trinajstić information content (AvgIpc) is 3.19. The molecule has 1 N–H and O–H groups in total. The van der Waals surface area contributed by atoms with E-state index in [1.165, 1.54) is 13.0 Å². The van der Waals surface area contributed by atoms with Crippen LogP contribution in [0.5, 0.6) is 0 Å². The fraction of sp³-hybridized carbons (Fsp3) is 0.333. The van der Waals surface area contributed by atoms with Crippen molar-refractivity contribution in [2.75, 3.05) is 18.0 Å². The van der Waals surface area contributed by atoms with Gasteiger partial charge in [-0.15, -0.1) is 0 Å². The number of alkyl halides is 3. The first-order valence-corrected chi connectivity index (χ1v) is 7.58. The van der Waals surface area contributed by atoms with E-state index in [9.17, 15) is 27.2 Å². The van der Waals surface area contributed by atoms with Crippen LogP contribution in [0.4, 0.5) is 28.0 Å². The van der Waals surface area contributed by atoms with E-state index in [0.717, 1.165) is 17.0 Å². The molecule has 0 bridgehead atoms. The van der Waals surface area contributed by atoms with Crippen molar-refractivity contribution in [3.8, 4) is 11.4 Å². The van der Waals surface area contributed by atoms with Gasteiger partial charge in [-0.3, -0.25) is 9.69 Å². The molecule has 1 unspecified atom stereocenters. The Kier molecular flexibility index (Phi) is 4.72. The fourth-order valence-electron chi connectivity index (χ4n) is 2.40. The first-order chi connectivity index (χ1) is 12.6. The summed E-state index contributed by atoms with van der Waals surface area (Å²) in [5, 5.41) is 5.62. The summed E-state index contributed by atoms with van der Waals surface area (Å²) in [4.78, 5) is 27.1. The number of amides is 2. The molecular weight excluding hydrogens is 376 g/mol. The monoisotopic (exact) mass is 388 g/mol. The van der Waals surface area contributed by atoms with Gasteiger partial charge in [0.25, 0.3) is 0 Å². The maximum atomic E-state index is 14.3. The number of rotatable bonds is 4. The van der Waals surface area contributed by atoms with Crippen LogP contribution < -0.4 is 10.2 Å². The summed E-state index contributed by atoms with van der Waals surface area (Å²) in [7, 11) is 0. The van der Waals surface area contributed by atoms with E-state index < -0.39 is 35.9 Å². The Hall–Kier alpha value is -3.18. The van der Waals surface area contributed by atoms with Crippen molar-refractivity contribution >= 4 is 17.7 Å². The van der Waals surface area contributed by atoms with E-state index in [4.69, 9.17) is 4.74 Å². The molecule has 1 aromatic carbocycles. The number of ether oxygens (including phenoxy) is 1. The Morgan fingerprint density at radius 1 is 1.41 bits per heavy atom. The van der Waals surface area contributed by atoms with Crippen molar-refractivity contribution in [2.24, 2.45) is 0 Å². The van der Waals surface area contributed by atoms with Gasteiger partial charge in [0, 0.05) is 6.92 Å². The van der Waals surface area contributed by atoms with Crippen molar-refractivity contribution in [3.05, 3.63) is 29.9 Å². The van der Waals surface area contributed by atoms with E-state index in [1.54, 1.807) is 0 Å². The molecular formula is C15H12F4N4O4. The SMILES string of the molecule is CC(=O)NCC1CN(c2ccc(-c3noc(C(F)(F)F)n3)c(F)c2)C(=O)O1. The van der Waals surface area contributed by atoms with Crippen molar-refractivity contribution in [2.45, 2.75) is 19.2 Å². The molecule has 1 aliphatic heterocycles. The lowest BCUT2D eigenvalue weighted by Crippen LogP contribution is -2.33. The third-order valence-electron chi connectivity index (χ3n) is 3.63. The highest BCUT2D eigenvalue weighted by Gasteiger charge is 2.39. The second-order valence-corrected chi connectivity index (χ2v) is 5.64. The number of nitrogens with one attached hydrogen (secondary N) is 1. The predicted octanol–water partition coefficient (Wildman–Crippen LogP) is 2.36. The summed E-state index contributed by atoms with van der Waals surface area (Å²) in [6.07, 6.45) is -6.20. The summed E-state index contributed by atoms with van der Waals surface area (Å²) >= 11 is 0. The summed E-state index contributed by atoms with van der Waals surface area (Å²) in [6, 6.07) is 3.38. The van der Waals surface area contributed by atoms with Gasteiger partial charge in [-0.25, -0.2) is 9.18 Å². The van der Waals surface area contributed by atoms with Crippen LogP contribution in [0.25, 0.3) is 11.4 Å². The molecule has 2 aromatic rings. The van der Waals surface area contributed by atoms with Crippen LogP contribution >= 0.6 is 0 Å². The lowest BCUT2D eigenvalue weighted by atomic mass is 10.1. The van der Waals surface area contributed by atoms with Crippen molar-refractivity contribution in [1.29, 1.82) is 0 Å². The Morgan fingerprint density at radius 3 is 2.74 bits per heavy atom. The molecule has 0 saturated carbocycles. The van der Waals surface area contributed by atoms with Crippen LogP contribution in [0.3, 0.4) is 0 Å². The second kappa shape index (κ2) is 6.85. The number of carbonyl (C=O) groups excluding carboxylic acids is 2. The Morgan fingerprint density at radius 2 is 2.15 bits per heavy atom. The minimum absolute atomic E-state index is 0.0678. The van der Waals surface area contributed by atoms with Gasteiger partial charge in [0.1, 0.15) is 11.9 Å². The number of hydrogen-bond acceptors (Lipinski definition) is 6. The molecule has 12 heteroatoms. The summed E-state index contributed by atoms with van der Waals surface area (Å²) in [5.74, 6) is -3.40. The number of halogens is 4. The molecule has 0 spiro atoms. The zero-order chi connectivity index (χ0) is 19.8. The summed E-state index contributed by atoms with van der Waals surface area (Å²) in [5.41, 5.74) is -0.188. The highest BCUT2D eigenvalue weighted by Crippen LogP contribution is 2.31. The molecule has 144 valence electrons. The van der Waals surface area contributed by atoms with Crippen molar-refractivity contribution < 1.29 is 36.4 Å². The lowest BCUT2D eigenvalue weighted by molar-refractivity contribution is -0.159. The van der Waals surface area contributed by atoms with E-state index in [-0.39, 0.29) is 30.2 Å². The standard InChI is InChI=1S/C15H12F4N4O4/c1-7(24)20-5-9-6-23(14(25)26-9)8-2-3-10(11(16)4-8)12-21-13(27-22-12)15(17,18)19/h2-4,9H,5-6H2,1H3,(H,20,24). The zero-order valence-corrected chi connectivity index (χ0v) is 13.7. The van der Waals surface area contributed by atoms with E-state index in [1.807, 2.05) is 0 Å². The van der Waals surface area contributed by atoms with Crippen LogP contribution in [-0.4, -0.2) is 41.3 Å². The van der Waals surface area contributed by atoms with Crippen molar-refractivity contribution in [1.82, 2.24) is 15.5 Å². The van der Waals surface area contributed by atoms with Crippen LogP contribution in [0.2, 0.25) is 0 Å². The van der Waals surface area contributed by atoms with Gasteiger partial charge >= 0.3 is 18.2 Å². The Labute approximate surface area is 149 Å². The van der Waals surface area contributed by atoms with E-state index in [0.29, 0.717) is 0 Å². The maximum Gasteiger partial charge on any atom is 0.471 e. The van der Waals surface area contributed by atoms with Crippen molar-refractivity contribution in [3.63, 3.8) is 0 Å². The van der Waals surface area contributed by atoms with Crippen LogP contribution in [-0.2, 0) is 15.7 Å². The zero-order valence-electron chi connectivity index (χ0n) is 13.7. The summed E-state index contributed by atoms with van der Waals surface area (Å²) in [6.45, 7) is 1.48. The smallest absolute Gasteiger partial charge is 0.442 e. The third-order valence-corrected chi connectivity index (χ3v) is 3.63. The maximum absolute atomic E-state index is 14.3. The lowest BCUT2D eigenvalue weighted by Gasteiger charge is -2.13. The number of cyclic esters (lactones) is 1. The number of nitrogens with zero attached hydrogens (tertiary/aromatic N) is 3. The minimum Gasteiger partial charge on any atom is -0.442 e. The minimum atomic E-state index is -4.84. The van der Waals surface area contributed by atoms with Gasteiger partial charge in [-0.1, -0.05) is 5.16 Å². The van der Waals surface area contributed by atoms with Gasteiger partial charge in [0.05, 0.1) is 24.3 Å². The van der Waals surface area contributed by atoms with E-state index >= 15 is 0 Å². The van der Waals surface area contributed by atoms with Gasteiger partial charge < -0.3 is 14.6 Å². The third kappa shape index (κ3) is 3.99. The van der Waals surface area contributed by atoms with Gasteiger partial charge in [0.15, 0.2) is 0 Å². The molecule has 1 saturated heterocycles. The number of carbonyl (C=O) groups is 2. The molecule has 8 nitrogen and oxygen atoms in total. The Bertz CT molecular complexity index is 883. The summed E-state index contributed by atoms with van der Waals surface area (Å²) < 4.78 is 61.0. The molecule has 1 atom stereocenters. The van der Waals surface area contributed by atoms with Gasteiger partial charge in [0.2, 0.25) is 11.7 Å². The van der Waals surface area contributed by atoms with Crippen LogP contribution in [0.1, 0.15) is 12.8 Å². The van der Waals surface area contributed by atoms with Gasteiger partial charge in [-0.05, 0) is 18.2 Å². The van der Waals surface area contributed by atoms with Crippen LogP contribution in [0.15, 0.2) is 22.7 Å². The largest absolute Gasteiger partial charge is 0.471 e. The molecule has 0 radical (unpaired) electrons. The molecule has 1 aliphatic rings. The van der Waals surface area contributed by atoms with Crippen LogP contribution in [0, 0.1) is 5.82 Å². The quantitative estimate of drug-likeness (QED) is 0.808.